The van der Waals surface area contributed by atoms with Gasteiger partial charge in [-0.1, -0.05) is 110 Å². The van der Waals surface area contributed by atoms with Crippen LogP contribution in [-0.2, 0) is 6.42 Å². The summed E-state index contributed by atoms with van der Waals surface area (Å²) in [6, 6.07) is 22.0. The van der Waals surface area contributed by atoms with E-state index in [9.17, 15) is 0 Å². The average Bonchev–Trinajstić information content (AvgIpc) is 2.83. The summed E-state index contributed by atoms with van der Waals surface area (Å²) in [5, 5.41) is 3.91. The minimum atomic E-state index is 0.391. The highest BCUT2D eigenvalue weighted by Crippen LogP contribution is 2.37. The molecule has 0 aromatic heterocycles. The Morgan fingerprint density at radius 3 is 1.57 bits per heavy atom. The molecule has 0 unspecified atom stereocenters. The Morgan fingerprint density at radius 1 is 0.649 bits per heavy atom. The largest absolute Gasteiger partial charge is 0.377 e. The summed E-state index contributed by atoms with van der Waals surface area (Å²) in [4.78, 5) is 7.67. The minimum Gasteiger partial charge on any atom is -0.377 e. The van der Waals surface area contributed by atoms with Crippen molar-refractivity contribution in [1.82, 2.24) is 0 Å². The number of rotatable bonds is 9. The van der Waals surface area contributed by atoms with Crippen LogP contribution in [0.25, 0.3) is 0 Å². The maximum atomic E-state index is 5.48. The van der Waals surface area contributed by atoms with Crippen LogP contribution in [-0.4, -0.2) is 19.9 Å². The van der Waals surface area contributed by atoms with Gasteiger partial charge in [-0.15, -0.1) is 0 Å². The molecule has 0 heterocycles. The van der Waals surface area contributed by atoms with E-state index >= 15 is 0 Å². The van der Waals surface area contributed by atoms with Crippen molar-refractivity contribution in [1.29, 1.82) is 0 Å². The predicted octanol–water partition coefficient (Wildman–Crippen LogP) is 9.63. The summed E-state index contributed by atoms with van der Waals surface area (Å²) < 4.78 is 0. The molecule has 0 aliphatic rings. The first-order chi connectivity index (χ1) is 17.5. The molecule has 3 rings (SSSR count). The number of benzene rings is 3. The minimum absolute atomic E-state index is 0.391. The summed E-state index contributed by atoms with van der Waals surface area (Å²) in [5.74, 6) is 2.58. The van der Waals surface area contributed by atoms with Crippen molar-refractivity contribution < 1.29 is 0 Å². The molecular formula is C34H47N3. The number of anilines is 2. The average molecular weight is 498 g/mol. The standard InChI is InChI=1S/C34H47N3/c1-22(2)27-16-13-17-28(23(3)4)33(27)35-32(21-26-15-11-12-20-31(26)37(9)10)36-34-29(24(5)6)18-14-19-30(34)25(7)8/h11-20,22-25H,21H2,1-10H3,(H,35,36). The quantitative estimate of drug-likeness (QED) is 0.235. The van der Waals surface area contributed by atoms with Crippen molar-refractivity contribution in [3.8, 4) is 0 Å². The number of nitrogens with one attached hydrogen (secondary N) is 1. The van der Waals surface area contributed by atoms with E-state index in [0.717, 1.165) is 17.9 Å². The van der Waals surface area contributed by atoms with Gasteiger partial charge in [-0.25, -0.2) is 4.99 Å². The second kappa shape index (κ2) is 12.4. The third-order valence-corrected chi connectivity index (χ3v) is 7.06. The van der Waals surface area contributed by atoms with Gasteiger partial charge in [-0.3, -0.25) is 0 Å². The Labute approximate surface area is 226 Å². The van der Waals surface area contributed by atoms with Gasteiger partial charge < -0.3 is 10.2 Å². The van der Waals surface area contributed by atoms with E-state index < -0.39 is 0 Å². The van der Waals surface area contributed by atoms with Crippen molar-refractivity contribution in [3.05, 3.63) is 88.5 Å². The predicted molar refractivity (Wildman–Crippen MR) is 164 cm³/mol. The molecule has 0 aliphatic carbocycles. The Hall–Kier alpha value is -3.07. The second-order valence-corrected chi connectivity index (χ2v) is 11.6. The van der Waals surface area contributed by atoms with Gasteiger partial charge in [-0.05, 0) is 57.6 Å². The molecule has 1 N–H and O–H groups in total. The van der Waals surface area contributed by atoms with Crippen molar-refractivity contribution in [2.75, 3.05) is 24.3 Å². The lowest BCUT2D eigenvalue weighted by molar-refractivity contribution is 0.833. The fraction of sp³-hybridized carbons (Fsp3) is 0.441. The van der Waals surface area contributed by atoms with Gasteiger partial charge in [0.2, 0.25) is 0 Å². The molecule has 0 aliphatic heterocycles. The van der Waals surface area contributed by atoms with Gasteiger partial charge in [-0.2, -0.15) is 0 Å². The molecule has 3 heteroatoms. The van der Waals surface area contributed by atoms with Gasteiger partial charge in [0.25, 0.3) is 0 Å². The van der Waals surface area contributed by atoms with Crippen LogP contribution < -0.4 is 10.2 Å². The van der Waals surface area contributed by atoms with Crippen molar-refractivity contribution in [3.63, 3.8) is 0 Å². The van der Waals surface area contributed by atoms with E-state index in [4.69, 9.17) is 4.99 Å². The van der Waals surface area contributed by atoms with Crippen LogP contribution in [0.4, 0.5) is 17.1 Å². The lowest BCUT2D eigenvalue weighted by Gasteiger charge is -2.24. The lowest BCUT2D eigenvalue weighted by Crippen LogP contribution is -2.20. The van der Waals surface area contributed by atoms with Gasteiger partial charge in [0.05, 0.1) is 5.69 Å². The summed E-state index contributed by atoms with van der Waals surface area (Å²) in [7, 11) is 4.22. The fourth-order valence-electron chi connectivity index (χ4n) is 5.00. The topological polar surface area (TPSA) is 27.6 Å². The van der Waals surface area contributed by atoms with Crippen LogP contribution in [0, 0.1) is 0 Å². The van der Waals surface area contributed by atoms with Crippen molar-refractivity contribution >= 4 is 22.9 Å². The first-order valence-corrected chi connectivity index (χ1v) is 13.9. The third-order valence-electron chi connectivity index (χ3n) is 7.06. The Kier molecular flexibility index (Phi) is 9.59. The Morgan fingerprint density at radius 2 is 1.11 bits per heavy atom. The second-order valence-electron chi connectivity index (χ2n) is 11.6. The fourth-order valence-corrected chi connectivity index (χ4v) is 5.00. The van der Waals surface area contributed by atoms with Crippen LogP contribution >= 0.6 is 0 Å². The van der Waals surface area contributed by atoms with Gasteiger partial charge in [0.1, 0.15) is 5.84 Å². The van der Waals surface area contributed by atoms with E-state index in [2.05, 4.69) is 140 Å². The molecule has 0 radical (unpaired) electrons. The summed E-state index contributed by atoms with van der Waals surface area (Å²) in [6.07, 6.45) is 0.724. The first kappa shape index (κ1) is 28.5. The molecule has 3 aromatic rings. The molecule has 0 saturated heterocycles. The molecule has 0 amide bonds. The van der Waals surface area contributed by atoms with Gasteiger partial charge >= 0.3 is 0 Å². The summed E-state index contributed by atoms with van der Waals surface area (Å²) in [6.45, 7) is 18.1. The van der Waals surface area contributed by atoms with Gasteiger partial charge in [0.15, 0.2) is 0 Å². The first-order valence-electron chi connectivity index (χ1n) is 13.9. The number of amidine groups is 1. The SMILES string of the molecule is CC(C)c1cccc(C(C)C)c1N=C(Cc1ccccc1N(C)C)Nc1c(C(C)C)cccc1C(C)C. The van der Waals surface area contributed by atoms with E-state index in [-0.39, 0.29) is 0 Å². The zero-order valence-corrected chi connectivity index (χ0v) is 24.7. The van der Waals surface area contributed by atoms with E-state index in [1.807, 2.05) is 0 Å². The molecular weight excluding hydrogens is 450 g/mol. The zero-order valence-electron chi connectivity index (χ0n) is 24.7. The van der Waals surface area contributed by atoms with Crippen molar-refractivity contribution in [2.24, 2.45) is 4.99 Å². The summed E-state index contributed by atoms with van der Waals surface area (Å²) >= 11 is 0. The lowest BCUT2D eigenvalue weighted by atomic mass is 9.92. The molecule has 0 saturated carbocycles. The van der Waals surface area contributed by atoms with Crippen LogP contribution in [0.1, 0.15) is 107 Å². The van der Waals surface area contributed by atoms with Gasteiger partial charge in [0, 0.05) is 31.9 Å². The van der Waals surface area contributed by atoms with Crippen LogP contribution in [0.15, 0.2) is 65.7 Å². The molecule has 0 atom stereocenters. The normalized spacial score (nSPS) is 12.2. The highest BCUT2D eigenvalue weighted by molar-refractivity contribution is 6.00. The zero-order chi connectivity index (χ0) is 27.3. The molecule has 3 aromatic carbocycles. The number of hydrogen-bond donors (Lipinski definition) is 1. The molecule has 0 bridgehead atoms. The Bertz CT molecular complexity index is 1160. The molecule has 37 heavy (non-hydrogen) atoms. The van der Waals surface area contributed by atoms with E-state index in [0.29, 0.717) is 23.7 Å². The number of aliphatic imine (C=N–C) groups is 1. The number of hydrogen-bond acceptors (Lipinski definition) is 2. The molecule has 0 fully saturated rings. The maximum absolute atomic E-state index is 5.48. The van der Waals surface area contributed by atoms with Crippen LogP contribution in [0.3, 0.4) is 0 Å². The Balaban J connectivity index is 2.27. The molecule has 198 valence electrons. The highest BCUT2D eigenvalue weighted by Gasteiger charge is 2.19. The van der Waals surface area contributed by atoms with Crippen molar-refractivity contribution in [2.45, 2.75) is 85.5 Å². The van der Waals surface area contributed by atoms with Crippen LogP contribution in [0.5, 0.6) is 0 Å². The molecule has 0 spiro atoms. The van der Waals surface area contributed by atoms with E-state index in [1.165, 1.54) is 39.2 Å². The number of para-hydroxylation sites is 3. The molecule has 3 nitrogen and oxygen atoms in total. The smallest absolute Gasteiger partial charge is 0.111 e. The van der Waals surface area contributed by atoms with E-state index in [1.54, 1.807) is 0 Å². The number of nitrogens with zero attached hydrogens (tertiary/aromatic N) is 2. The maximum Gasteiger partial charge on any atom is 0.111 e. The highest BCUT2D eigenvalue weighted by atomic mass is 15.1. The van der Waals surface area contributed by atoms with Crippen LogP contribution in [0.2, 0.25) is 0 Å². The monoisotopic (exact) mass is 497 g/mol. The third kappa shape index (κ3) is 6.83. The summed E-state index contributed by atoms with van der Waals surface area (Å²) in [5.41, 5.74) is 10.1.